The number of hydrogen-bond donors (Lipinski definition) is 3. The van der Waals surface area contributed by atoms with Crippen LogP contribution in [-0.4, -0.2) is 46.7 Å². The van der Waals surface area contributed by atoms with Crippen molar-refractivity contribution in [1.29, 1.82) is 0 Å². The minimum Gasteiger partial charge on any atom is -0.396 e. The summed E-state index contributed by atoms with van der Waals surface area (Å²) in [5, 5.41) is 33.9. The lowest BCUT2D eigenvalue weighted by atomic mass is 9.98. The quantitative estimate of drug-likeness (QED) is 0.509. The molecule has 1 saturated heterocycles. The number of benzene rings is 2. The van der Waals surface area contributed by atoms with Crippen LogP contribution in [0, 0.1) is 25.3 Å². The molecular formula is C23H24ClN5O2. The first-order valence-corrected chi connectivity index (χ1v) is 10.5. The molecule has 1 aliphatic heterocycles. The van der Waals surface area contributed by atoms with Crippen LogP contribution >= 0.6 is 11.6 Å². The Hall–Kier alpha value is -2.92. The first-order valence-electron chi connectivity index (χ1n) is 10.2. The van der Waals surface area contributed by atoms with Crippen molar-refractivity contribution >= 4 is 39.7 Å². The molecule has 7 nitrogen and oxygen atoms in total. The fraction of sp³-hybridized carbons (Fsp3) is 0.348. The average molecular weight is 438 g/mol. The van der Waals surface area contributed by atoms with Gasteiger partial charge in [-0.25, -0.2) is 4.85 Å². The zero-order valence-electron chi connectivity index (χ0n) is 17.2. The molecule has 8 heteroatoms. The summed E-state index contributed by atoms with van der Waals surface area (Å²) in [5.74, 6) is 1.28. The summed E-state index contributed by atoms with van der Waals surface area (Å²) < 4.78 is 0. The van der Waals surface area contributed by atoms with Crippen molar-refractivity contribution in [2.75, 3.05) is 36.5 Å². The predicted octanol–water partition coefficient (Wildman–Crippen LogP) is 3.79. The van der Waals surface area contributed by atoms with Crippen LogP contribution in [0.5, 0.6) is 0 Å². The maximum Gasteiger partial charge on any atom is 0.188 e. The minimum absolute atomic E-state index is 0.00606. The highest BCUT2D eigenvalue weighted by Crippen LogP contribution is 2.35. The van der Waals surface area contributed by atoms with E-state index in [1.54, 1.807) is 6.07 Å². The third-order valence-corrected chi connectivity index (χ3v) is 6.32. The average Bonchev–Trinajstić information content (AvgIpc) is 3.22. The number of rotatable bonds is 6. The molecule has 2 atom stereocenters. The Morgan fingerprint density at radius 3 is 2.48 bits per heavy atom. The predicted molar refractivity (Wildman–Crippen MR) is 123 cm³/mol. The SMILES string of the molecule is [C-]#[N+]c1ccc2c(N3C[C@@H](CO)[C@@H](CO)C3)nnc(NCc3ccc(C)c(Cl)c3)c2c1. The number of aryl methyl sites for hydroxylation is 1. The van der Waals surface area contributed by atoms with Gasteiger partial charge in [-0.15, -0.1) is 10.2 Å². The number of fused-ring (bicyclic) bond motifs is 1. The van der Waals surface area contributed by atoms with E-state index in [9.17, 15) is 10.2 Å². The van der Waals surface area contributed by atoms with E-state index in [0.717, 1.165) is 21.9 Å². The highest BCUT2D eigenvalue weighted by Gasteiger charge is 2.33. The largest absolute Gasteiger partial charge is 0.396 e. The number of halogens is 1. The Bertz CT molecular complexity index is 1130. The monoisotopic (exact) mass is 437 g/mol. The molecule has 1 aliphatic rings. The molecule has 1 aromatic heterocycles. The maximum atomic E-state index is 9.65. The summed E-state index contributed by atoms with van der Waals surface area (Å²) in [6, 6.07) is 11.4. The van der Waals surface area contributed by atoms with Gasteiger partial charge in [-0.05, 0) is 30.2 Å². The molecule has 0 unspecified atom stereocenters. The zero-order valence-corrected chi connectivity index (χ0v) is 18.0. The molecule has 0 radical (unpaired) electrons. The summed E-state index contributed by atoms with van der Waals surface area (Å²) in [6.45, 7) is 11.1. The van der Waals surface area contributed by atoms with Gasteiger partial charge in [-0.2, -0.15) is 0 Å². The van der Waals surface area contributed by atoms with Crippen molar-refractivity contribution in [3.63, 3.8) is 0 Å². The third kappa shape index (κ3) is 4.28. The number of hydrogen-bond acceptors (Lipinski definition) is 6. The highest BCUT2D eigenvalue weighted by atomic mass is 35.5. The third-order valence-electron chi connectivity index (χ3n) is 5.91. The van der Waals surface area contributed by atoms with Gasteiger partial charge in [0.2, 0.25) is 0 Å². The molecule has 31 heavy (non-hydrogen) atoms. The second-order valence-electron chi connectivity index (χ2n) is 7.94. The van der Waals surface area contributed by atoms with Gasteiger partial charge in [0.25, 0.3) is 0 Å². The fourth-order valence-electron chi connectivity index (χ4n) is 4.02. The Labute approximate surface area is 186 Å². The number of aromatic nitrogens is 2. The summed E-state index contributed by atoms with van der Waals surface area (Å²) >= 11 is 6.24. The van der Waals surface area contributed by atoms with E-state index in [2.05, 4.69) is 25.3 Å². The number of anilines is 2. The molecule has 0 bridgehead atoms. The van der Waals surface area contributed by atoms with Crippen LogP contribution in [0.4, 0.5) is 17.3 Å². The van der Waals surface area contributed by atoms with Gasteiger partial charge < -0.3 is 20.4 Å². The smallest absolute Gasteiger partial charge is 0.188 e. The second kappa shape index (κ2) is 9.06. The second-order valence-corrected chi connectivity index (χ2v) is 8.35. The van der Waals surface area contributed by atoms with Crippen LogP contribution in [0.1, 0.15) is 11.1 Å². The molecule has 3 aromatic rings. The maximum absolute atomic E-state index is 9.65. The number of aliphatic hydroxyl groups excluding tert-OH is 2. The summed E-state index contributed by atoms with van der Waals surface area (Å²) in [7, 11) is 0. The van der Waals surface area contributed by atoms with Crippen molar-refractivity contribution in [2.45, 2.75) is 13.5 Å². The lowest BCUT2D eigenvalue weighted by molar-refractivity contribution is 0.152. The van der Waals surface area contributed by atoms with Gasteiger partial charge in [0.1, 0.15) is 0 Å². The Morgan fingerprint density at radius 2 is 1.84 bits per heavy atom. The Morgan fingerprint density at radius 1 is 1.10 bits per heavy atom. The number of aliphatic hydroxyl groups is 2. The molecule has 4 rings (SSSR count). The van der Waals surface area contributed by atoms with E-state index in [4.69, 9.17) is 18.2 Å². The molecule has 2 heterocycles. The van der Waals surface area contributed by atoms with Gasteiger partial charge in [0.15, 0.2) is 17.3 Å². The van der Waals surface area contributed by atoms with E-state index in [0.29, 0.717) is 42.0 Å². The van der Waals surface area contributed by atoms with E-state index < -0.39 is 0 Å². The summed E-state index contributed by atoms with van der Waals surface area (Å²) in [4.78, 5) is 5.61. The highest BCUT2D eigenvalue weighted by molar-refractivity contribution is 6.31. The molecule has 0 saturated carbocycles. The van der Waals surface area contributed by atoms with Crippen molar-refractivity contribution < 1.29 is 10.2 Å². The van der Waals surface area contributed by atoms with Crippen LogP contribution in [-0.2, 0) is 6.54 Å². The van der Waals surface area contributed by atoms with Gasteiger partial charge in [0, 0.05) is 60.5 Å². The van der Waals surface area contributed by atoms with Crippen LogP contribution in [0.3, 0.4) is 0 Å². The number of nitrogens with one attached hydrogen (secondary N) is 1. The van der Waals surface area contributed by atoms with Crippen LogP contribution in [0.2, 0.25) is 5.02 Å². The van der Waals surface area contributed by atoms with Gasteiger partial charge in [-0.1, -0.05) is 35.9 Å². The lowest BCUT2D eigenvalue weighted by Gasteiger charge is -2.20. The molecule has 0 amide bonds. The first kappa shape index (κ1) is 21.3. The van der Waals surface area contributed by atoms with Crippen LogP contribution < -0.4 is 10.2 Å². The normalized spacial score (nSPS) is 18.4. The van der Waals surface area contributed by atoms with Crippen LogP contribution in [0.15, 0.2) is 36.4 Å². The lowest BCUT2D eigenvalue weighted by Crippen LogP contribution is -2.23. The minimum atomic E-state index is -0.00606. The summed E-state index contributed by atoms with van der Waals surface area (Å²) in [6.07, 6.45) is 0. The Kier molecular flexibility index (Phi) is 6.23. The molecule has 2 aromatic carbocycles. The van der Waals surface area contributed by atoms with E-state index in [1.807, 2.05) is 37.3 Å². The molecule has 0 aliphatic carbocycles. The Balaban J connectivity index is 1.68. The van der Waals surface area contributed by atoms with Crippen molar-refractivity contribution in [2.24, 2.45) is 11.8 Å². The number of nitrogens with zero attached hydrogens (tertiary/aromatic N) is 4. The van der Waals surface area contributed by atoms with Gasteiger partial charge in [0.05, 0.1) is 6.57 Å². The molecule has 1 fully saturated rings. The molecule has 3 N–H and O–H groups in total. The van der Waals surface area contributed by atoms with E-state index in [-0.39, 0.29) is 25.0 Å². The standard InChI is InChI=1S/C23H24ClN5O2/c1-14-3-4-15(7-21(14)24)9-26-22-20-8-18(25-2)5-6-19(20)23(28-27-22)29-10-16(12-30)17(11-29)13-31/h3-8,16-17,30-31H,9-13H2,1H3,(H,26,27)/t16-,17+. The van der Waals surface area contributed by atoms with Gasteiger partial charge >= 0.3 is 0 Å². The van der Waals surface area contributed by atoms with Crippen LogP contribution in [0.25, 0.3) is 15.6 Å². The van der Waals surface area contributed by atoms with Crippen molar-refractivity contribution in [3.8, 4) is 0 Å². The van der Waals surface area contributed by atoms with Gasteiger partial charge in [-0.3, -0.25) is 0 Å². The van der Waals surface area contributed by atoms with Crippen molar-refractivity contribution in [1.82, 2.24) is 10.2 Å². The zero-order chi connectivity index (χ0) is 22.0. The topological polar surface area (TPSA) is 85.9 Å². The molecular weight excluding hydrogens is 414 g/mol. The first-order chi connectivity index (χ1) is 15.0. The van der Waals surface area contributed by atoms with E-state index in [1.165, 1.54) is 0 Å². The fourth-order valence-corrected chi connectivity index (χ4v) is 4.22. The molecule has 160 valence electrons. The van der Waals surface area contributed by atoms with E-state index >= 15 is 0 Å². The molecule has 0 spiro atoms. The van der Waals surface area contributed by atoms with Crippen molar-refractivity contribution in [3.05, 3.63) is 64.0 Å². The summed E-state index contributed by atoms with van der Waals surface area (Å²) in [5.41, 5.74) is 2.57.